The third-order valence-electron chi connectivity index (χ3n) is 6.97. The van der Waals surface area contributed by atoms with E-state index >= 15 is 0 Å². The van der Waals surface area contributed by atoms with Crippen LogP contribution in [0.4, 0.5) is 0 Å². The maximum atomic E-state index is 11.8. The zero-order valence-electron chi connectivity index (χ0n) is 14.5. The Bertz CT molecular complexity index is 600. The summed E-state index contributed by atoms with van der Waals surface area (Å²) in [6, 6.07) is 2.04. The van der Waals surface area contributed by atoms with E-state index in [2.05, 4.69) is 20.8 Å². The van der Waals surface area contributed by atoms with E-state index in [0.717, 1.165) is 38.5 Å². The second kappa shape index (κ2) is 5.85. The molecule has 1 saturated carbocycles. The van der Waals surface area contributed by atoms with Gasteiger partial charge in [0.2, 0.25) is 0 Å². The first-order chi connectivity index (χ1) is 10.9. The van der Waals surface area contributed by atoms with E-state index in [4.69, 9.17) is 4.42 Å². The molecule has 0 saturated heterocycles. The molecule has 0 unspecified atom stereocenters. The van der Waals surface area contributed by atoms with Gasteiger partial charge >= 0.3 is 5.97 Å². The summed E-state index contributed by atoms with van der Waals surface area (Å²) in [6.45, 7) is 6.94. The Morgan fingerprint density at radius 1 is 1.39 bits per heavy atom. The van der Waals surface area contributed by atoms with E-state index in [0.29, 0.717) is 17.4 Å². The smallest absolute Gasteiger partial charge is 0.331 e. The Kier molecular flexibility index (Phi) is 4.16. The monoisotopic (exact) mass is 316 g/mol. The normalized spacial score (nSPS) is 37.1. The molecule has 0 radical (unpaired) electrons. The highest BCUT2D eigenvalue weighted by Crippen LogP contribution is 2.61. The molecule has 3 nitrogen and oxygen atoms in total. The van der Waals surface area contributed by atoms with Gasteiger partial charge in [-0.2, -0.15) is 0 Å². The summed E-state index contributed by atoms with van der Waals surface area (Å²) < 4.78 is 5.20. The lowest BCUT2D eigenvalue weighted by Crippen LogP contribution is -2.51. The molecule has 0 amide bonds. The second-order valence-electron chi connectivity index (χ2n) is 8.05. The molecule has 1 N–H and O–H groups in total. The first-order valence-corrected chi connectivity index (χ1v) is 8.83. The number of hydrogen-bond donors (Lipinski definition) is 1. The molecule has 0 aliphatic heterocycles. The topological polar surface area (TPSA) is 50.4 Å². The number of carboxylic acid groups (broad SMARTS) is 1. The summed E-state index contributed by atoms with van der Waals surface area (Å²) in [5.74, 6) is 0.353. The predicted octanol–water partition coefficient (Wildman–Crippen LogP) is 5.08. The number of carbonyl (C=O) groups is 1. The third-order valence-corrected chi connectivity index (χ3v) is 6.97. The maximum absolute atomic E-state index is 11.8. The van der Waals surface area contributed by atoms with E-state index in [9.17, 15) is 9.90 Å². The van der Waals surface area contributed by atoms with Crippen molar-refractivity contribution in [1.29, 1.82) is 0 Å². The Hall–Kier alpha value is -1.51. The van der Waals surface area contributed by atoms with Crippen LogP contribution in [0.25, 0.3) is 0 Å². The molecule has 2 aliphatic carbocycles. The van der Waals surface area contributed by atoms with Crippen LogP contribution >= 0.6 is 0 Å². The fraction of sp³-hybridized carbons (Fsp3) is 0.650. The van der Waals surface area contributed by atoms with Crippen LogP contribution in [0, 0.1) is 22.7 Å². The summed E-state index contributed by atoms with van der Waals surface area (Å²) in [5, 5.41) is 9.68. The van der Waals surface area contributed by atoms with Crippen molar-refractivity contribution in [2.45, 2.75) is 59.3 Å². The number of hydrogen-bond acceptors (Lipinski definition) is 2. The molecule has 0 aromatic carbocycles. The van der Waals surface area contributed by atoms with Gasteiger partial charge in [-0.05, 0) is 67.4 Å². The molecule has 0 spiro atoms. The highest BCUT2D eigenvalue weighted by molar-refractivity contribution is 5.88. The van der Waals surface area contributed by atoms with Gasteiger partial charge in [0.05, 0.1) is 12.5 Å². The van der Waals surface area contributed by atoms with Crippen LogP contribution < -0.4 is 0 Å². The Labute approximate surface area is 138 Å². The third kappa shape index (κ3) is 2.64. The summed E-state index contributed by atoms with van der Waals surface area (Å²) in [4.78, 5) is 11.8. The molecule has 1 fully saturated rings. The van der Waals surface area contributed by atoms with Gasteiger partial charge in [0.25, 0.3) is 0 Å². The van der Waals surface area contributed by atoms with Crippen LogP contribution in [0.15, 0.2) is 34.7 Å². The van der Waals surface area contributed by atoms with Gasteiger partial charge in [-0.15, -0.1) is 0 Å². The van der Waals surface area contributed by atoms with Gasteiger partial charge in [0.1, 0.15) is 0 Å². The molecule has 4 atom stereocenters. The van der Waals surface area contributed by atoms with Crippen LogP contribution in [-0.4, -0.2) is 11.1 Å². The SMILES string of the molecule is C[C@@H]1CC[C@]2(C)C(C(=O)O)=CCC[C@H]2[C@@]1(C)CCc1ccoc1. The summed E-state index contributed by atoms with van der Waals surface area (Å²) in [5.41, 5.74) is 1.91. The number of aliphatic carboxylic acids is 1. The van der Waals surface area contributed by atoms with E-state index < -0.39 is 5.97 Å². The molecule has 0 bridgehead atoms. The van der Waals surface area contributed by atoms with Crippen molar-refractivity contribution < 1.29 is 14.3 Å². The van der Waals surface area contributed by atoms with Crippen molar-refractivity contribution in [1.82, 2.24) is 0 Å². The summed E-state index contributed by atoms with van der Waals surface area (Å²) in [6.07, 6.45) is 11.8. The number of allylic oxidation sites excluding steroid dienone is 1. The predicted molar refractivity (Wildman–Crippen MR) is 90.1 cm³/mol. The van der Waals surface area contributed by atoms with Crippen LogP contribution in [0.3, 0.4) is 0 Å². The number of rotatable bonds is 4. The average Bonchev–Trinajstić information content (AvgIpc) is 3.02. The van der Waals surface area contributed by atoms with Crippen molar-refractivity contribution in [3.63, 3.8) is 0 Å². The molecule has 1 heterocycles. The fourth-order valence-corrected chi connectivity index (χ4v) is 5.29. The maximum Gasteiger partial charge on any atom is 0.331 e. The molecular weight excluding hydrogens is 288 g/mol. The van der Waals surface area contributed by atoms with Crippen molar-refractivity contribution in [2.75, 3.05) is 0 Å². The van der Waals surface area contributed by atoms with Crippen molar-refractivity contribution >= 4 is 5.97 Å². The van der Waals surface area contributed by atoms with Crippen LogP contribution in [0.5, 0.6) is 0 Å². The largest absolute Gasteiger partial charge is 0.478 e. The quantitative estimate of drug-likeness (QED) is 0.843. The minimum Gasteiger partial charge on any atom is -0.478 e. The molecular formula is C20H28O3. The Morgan fingerprint density at radius 3 is 2.83 bits per heavy atom. The van der Waals surface area contributed by atoms with Crippen molar-refractivity contribution in [2.24, 2.45) is 22.7 Å². The van der Waals surface area contributed by atoms with E-state index in [1.165, 1.54) is 5.56 Å². The number of fused-ring (bicyclic) bond motifs is 1. The Morgan fingerprint density at radius 2 is 2.17 bits per heavy atom. The summed E-state index contributed by atoms with van der Waals surface area (Å²) in [7, 11) is 0. The van der Waals surface area contributed by atoms with Gasteiger partial charge in [-0.25, -0.2) is 4.79 Å². The molecule has 1 aromatic rings. The second-order valence-corrected chi connectivity index (χ2v) is 8.05. The van der Waals surface area contributed by atoms with Crippen LogP contribution in [-0.2, 0) is 11.2 Å². The molecule has 126 valence electrons. The molecule has 1 aromatic heterocycles. The lowest BCUT2D eigenvalue weighted by Gasteiger charge is -2.57. The number of carboxylic acids is 1. The average molecular weight is 316 g/mol. The number of furan rings is 1. The van der Waals surface area contributed by atoms with Crippen molar-refractivity contribution in [3.8, 4) is 0 Å². The van der Waals surface area contributed by atoms with E-state index in [1.807, 2.05) is 18.4 Å². The first kappa shape index (κ1) is 16.4. The minimum atomic E-state index is -0.719. The lowest BCUT2D eigenvalue weighted by molar-refractivity contribution is -0.137. The van der Waals surface area contributed by atoms with E-state index in [1.54, 1.807) is 6.26 Å². The lowest BCUT2D eigenvalue weighted by atomic mass is 9.46. The van der Waals surface area contributed by atoms with Crippen LogP contribution in [0.2, 0.25) is 0 Å². The van der Waals surface area contributed by atoms with Gasteiger partial charge in [0.15, 0.2) is 0 Å². The molecule has 3 rings (SSSR count). The zero-order valence-corrected chi connectivity index (χ0v) is 14.5. The minimum absolute atomic E-state index is 0.179. The summed E-state index contributed by atoms with van der Waals surface area (Å²) >= 11 is 0. The molecule has 23 heavy (non-hydrogen) atoms. The van der Waals surface area contributed by atoms with Gasteiger partial charge in [-0.1, -0.05) is 26.8 Å². The van der Waals surface area contributed by atoms with Gasteiger partial charge < -0.3 is 9.52 Å². The van der Waals surface area contributed by atoms with Crippen LogP contribution in [0.1, 0.15) is 58.4 Å². The molecule has 3 heteroatoms. The highest BCUT2D eigenvalue weighted by Gasteiger charge is 2.55. The van der Waals surface area contributed by atoms with Gasteiger partial charge in [-0.3, -0.25) is 0 Å². The number of aryl methyl sites for hydroxylation is 1. The highest BCUT2D eigenvalue weighted by atomic mass is 16.4. The fourth-order valence-electron chi connectivity index (χ4n) is 5.29. The van der Waals surface area contributed by atoms with E-state index in [-0.39, 0.29) is 10.8 Å². The Balaban J connectivity index is 1.89. The first-order valence-electron chi connectivity index (χ1n) is 8.83. The molecule has 2 aliphatic rings. The van der Waals surface area contributed by atoms with Crippen molar-refractivity contribution in [3.05, 3.63) is 35.8 Å². The van der Waals surface area contributed by atoms with Gasteiger partial charge in [0, 0.05) is 11.0 Å². The zero-order chi connectivity index (χ0) is 16.7. The standard InChI is InChI=1S/C20H28O3/c1-14-7-10-20(3)16(18(21)22)5-4-6-17(20)19(14,2)11-8-15-9-12-23-13-15/h5,9,12-14,17H,4,6-8,10-11H2,1-3H3,(H,21,22)/t14-,17+,19+,20-/m1/s1.